The predicted molar refractivity (Wildman–Crippen MR) is 138 cm³/mol. The van der Waals surface area contributed by atoms with Crippen molar-refractivity contribution in [3.05, 3.63) is 73.5 Å². The van der Waals surface area contributed by atoms with Crippen molar-refractivity contribution >= 4 is 28.6 Å². The number of carbonyl (C=O) groups excluding carboxylic acids is 1. The van der Waals surface area contributed by atoms with Gasteiger partial charge in [-0.15, -0.1) is 5.10 Å². The molecule has 0 unspecified atom stereocenters. The van der Waals surface area contributed by atoms with Gasteiger partial charge >= 0.3 is 0 Å². The molecule has 0 aliphatic rings. The molecule has 2 aromatic heterocycles. The van der Waals surface area contributed by atoms with Crippen molar-refractivity contribution in [1.29, 1.82) is 0 Å². The standard InChI is InChI=1S/C26H27FN6O3/c1-5-24(34)29-20-14-19(22(35-4)15-23(20)36-12-11-32(2)3)30-26-25(17-7-6-8-18(27)13-17)21-9-10-28-16-33(21)31-26/h5-10,13-16H,1,11-12H2,2-4H3,(H,29,34)(H,30,31). The van der Waals surface area contributed by atoms with Crippen LogP contribution in [0.4, 0.5) is 21.6 Å². The minimum Gasteiger partial charge on any atom is -0.494 e. The predicted octanol–water partition coefficient (Wildman–Crippen LogP) is 4.35. The Kier molecular flexibility index (Phi) is 7.45. The van der Waals surface area contributed by atoms with Crippen LogP contribution in [0.3, 0.4) is 0 Å². The number of hydrogen-bond acceptors (Lipinski definition) is 7. The van der Waals surface area contributed by atoms with Gasteiger partial charge in [-0.2, -0.15) is 0 Å². The van der Waals surface area contributed by atoms with E-state index in [1.54, 1.807) is 47.4 Å². The number of hydrogen-bond donors (Lipinski definition) is 2. The van der Waals surface area contributed by atoms with Crippen molar-refractivity contribution in [2.45, 2.75) is 0 Å². The first-order valence-corrected chi connectivity index (χ1v) is 11.2. The first kappa shape index (κ1) is 24.7. The number of aromatic nitrogens is 3. The quantitative estimate of drug-likeness (QED) is 0.319. The lowest BCUT2D eigenvalue weighted by Gasteiger charge is -2.18. The van der Waals surface area contributed by atoms with Crippen LogP contribution in [0.25, 0.3) is 16.6 Å². The van der Waals surface area contributed by atoms with Crippen molar-refractivity contribution in [1.82, 2.24) is 19.5 Å². The van der Waals surface area contributed by atoms with Crippen LogP contribution < -0.4 is 20.1 Å². The second-order valence-corrected chi connectivity index (χ2v) is 8.16. The van der Waals surface area contributed by atoms with Crippen LogP contribution in [0.15, 0.2) is 67.6 Å². The summed E-state index contributed by atoms with van der Waals surface area (Å²) in [6.07, 6.45) is 4.39. The zero-order valence-electron chi connectivity index (χ0n) is 20.3. The molecule has 0 aliphatic heterocycles. The van der Waals surface area contributed by atoms with Gasteiger partial charge < -0.3 is 25.0 Å². The van der Waals surface area contributed by atoms with Crippen molar-refractivity contribution in [2.75, 3.05) is 45.0 Å². The summed E-state index contributed by atoms with van der Waals surface area (Å²) >= 11 is 0. The van der Waals surface area contributed by atoms with Gasteiger partial charge in [0.2, 0.25) is 5.91 Å². The van der Waals surface area contributed by atoms with E-state index in [0.29, 0.717) is 53.0 Å². The molecule has 2 aromatic carbocycles. The maximum atomic E-state index is 14.1. The van der Waals surface area contributed by atoms with E-state index < -0.39 is 0 Å². The average molecular weight is 491 g/mol. The summed E-state index contributed by atoms with van der Waals surface area (Å²) in [7, 11) is 5.42. The molecule has 0 bridgehead atoms. The fourth-order valence-electron chi connectivity index (χ4n) is 3.62. The number of amides is 1. The molecule has 0 saturated heterocycles. The highest BCUT2D eigenvalue weighted by atomic mass is 19.1. The summed E-state index contributed by atoms with van der Waals surface area (Å²) in [5.41, 5.74) is 3.01. The maximum Gasteiger partial charge on any atom is 0.247 e. The van der Waals surface area contributed by atoms with Gasteiger partial charge in [-0.25, -0.2) is 13.9 Å². The maximum absolute atomic E-state index is 14.1. The number of methoxy groups -OCH3 is 1. The SMILES string of the molecule is C=CC(=O)Nc1cc(Nc2nn3cnccc3c2-c2cccc(F)c2)c(OC)cc1OCCN(C)C. The Bertz CT molecular complexity index is 1400. The molecule has 0 aliphatic carbocycles. The number of nitrogens with one attached hydrogen (secondary N) is 2. The number of likely N-dealkylation sites (N-methyl/N-ethyl adjacent to an activating group) is 1. The molecule has 2 N–H and O–H groups in total. The number of anilines is 3. The van der Waals surface area contributed by atoms with E-state index in [1.165, 1.54) is 25.3 Å². The largest absolute Gasteiger partial charge is 0.494 e. The summed E-state index contributed by atoms with van der Waals surface area (Å²) in [6.45, 7) is 4.61. The Hall–Kier alpha value is -4.44. The summed E-state index contributed by atoms with van der Waals surface area (Å²) in [4.78, 5) is 18.2. The van der Waals surface area contributed by atoms with Crippen LogP contribution >= 0.6 is 0 Å². The third-order valence-corrected chi connectivity index (χ3v) is 5.35. The molecule has 2 heterocycles. The highest BCUT2D eigenvalue weighted by Gasteiger charge is 2.19. The number of benzene rings is 2. The van der Waals surface area contributed by atoms with Crippen molar-refractivity contribution in [3.63, 3.8) is 0 Å². The summed E-state index contributed by atoms with van der Waals surface area (Å²) in [6, 6.07) is 11.5. The van der Waals surface area contributed by atoms with E-state index in [1.807, 2.05) is 19.0 Å². The van der Waals surface area contributed by atoms with E-state index in [2.05, 4.69) is 27.3 Å². The lowest BCUT2D eigenvalue weighted by molar-refractivity contribution is -0.111. The van der Waals surface area contributed by atoms with Crippen LogP contribution in [0.5, 0.6) is 11.5 Å². The second kappa shape index (κ2) is 10.9. The molecule has 9 nitrogen and oxygen atoms in total. The lowest BCUT2D eigenvalue weighted by Crippen LogP contribution is -2.20. The minimum absolute atomic E-state index is 0.363. The number of nitrogens with zero attached hydrogens (tertiary/aromatic N) is 4. The van der Waals surface area contributed by atoms with Crippen molar-refractivity contribution in [3.8, 4) is 22.6 Å². The van der Waals surface area contributed by atoms with Crippen LogP contribution in [0.2, 0.25) is 0 Å². The number of carbonyl (C=O) groups is 1. The van der Waals surface area contributed by atoms with Gasteiger partial charge in [0.15, 0.2) is 5.82 Å². The molecule has 0 atom stereocenters. The molecule has 36 heavy (non-hydrogen) atoms. The lowest BCUT2D eigenvalue weighted by atomic mass is 10.1. The Morgan fingerprint density at radius 2 is 2.03 bits per heavy atom. The van der Waals surface area contributed by atoms with E-state index in [-0.39, 0.29) is 11.7 Å². The van der Waals surface area contributed by atoms with Crippen LogP contribution in [0.1, 0.15) is 0 Å². The summed E-state index contributed by atoms with van der Waals surface area (Å²) in [5, 5.41) is 10.7. The second-order valence-electron chi connectivity index (χ2n) is 8.16. The highest BCUT2D eigenvalue weighted by molar-refractivity contribution is 6.01. The zero-order chi connectivity index (χ0) is 25.7. The van der Waals surface area contributed by atoms with Crippen LogP contribution in [-0.4, -0.2) is 59.8 Å². The molecule has 186 valence electrons. The first-order valence-electron chi connectivity index (χ1n) is 11.2. The zero-order valence-corrected chi connectivity index (χ0v) is 20.3. The van der Waals surface area contributed by atoms with Gasteiger partial charge in [0.1, 0.15) is 30.3 Å². The molecule has 1 amide bonds. The molecule has 0 spiro atoms. The van der Waals surface area contributed by atoms with Gasteiger partial charge in [-0.05, 0) is 50.0 Å². The first-order chi connectivity index (χ1) is 17.4. The average Bonchev–Trinajstić information content (AvgIpc) is 3.22. The fourth-order valence-corrected chi connectivity index (χ4v) is 3.62. The van der Waals surface area contributed by atoms with Crippen LogP contribution in [-0.2, 0) is 4.79 Å². The number of ether oxygens (including phenoxy) is 2. The molecule has 0 saturated carbocycles. The van der Waals surface area contributed by atoms with Crippen LogP contribution in [0, 0.1) is 5.82 Å². The molecule has 10 heteroatoms. The third kappa shape index (κ3) is 5.44. The smallest absolute Gasteiger partial charge is 0.247 e. The molecule has 0 fully saturated rings. The minimum atomic E-state index is -0.386. The van der Waals surface area contributed by atoms with E-state index in [9.17, 15) is 9.18 Å². The Labute approximate surface area is 208 Å². The molecule has 0 radical (unpaired) electrons. The van der Waals surface area contributed by atoms with E-state index in [4.69, 9.17) is 9.47 Å². The number of rotatable bonds is 10. The van der Waals surface area contributed by atoms with Gasteiger partial charge in [0, 0.05) is 18.8 Å². The normalized spacial score (nSPS) is 10.9. The van der Waals surface area contributed by atoms with E-state index >= 15 is 0 Å². The fraction of sp³-hybridized carbons (Fsp3) is 0.192. The molecular formula is C26H27FN6O3. The molecular weight excluding hydrogens is 463 g/mol. The van der Waals surface area contributed by atoms with Gasteiger partial charge in [0.05, 0.1) is 29.6 Å². The topological polar surface area (TPSA) is 93.0 Å². The summed E-state index contributed by atoms with van der Waals surface area (Å²) < 4.78 is 27.2. The Morgan fingerprint density at radius 3 is 2.75 bits per heavy atom. The van der Waals surface area contributed by atoms with Gasteiger partial charge in [-0.3, -0.25) is 4.79 Å². The van der Waals surface area contributed by atoms with Crippen molar-refractivity contribution < 1.29 is 18.7 Å². The third-order valence-electron chi connectivity index (χ3n) is 5.35. The van der Waals surface area contributed by atoms with Crippen molar-refractivity contribution in [2.24, 2.45) is 0 Å². The summed E-state index contributed by atoms with van der Waals surface area (Å²) in [5.74, 6) is 0.612. The van der Waals surface area contributed by atoms with Gasteiger partial charge in [0.25, 0.3) is 0 Å². The monoisotopic (exact) mass is 490 g/mol. The number of fused-ring (bicyclic) bond motifs is 1. The Balaban J connectivity index is 1.79. The Morgan fingerprint density at radius 1 is 1.19 bits per heavy atom. The molecule has 4 rings (SSSR count). The van der Waals surface area contributed by atoms with E-state index in [0.717, 1.165) is 5.52 Å². The van der Waals surface area contributed by atoms with Gasteiger partial charge in [-0.1, -0.05) is 18.7 Å². The number of halogens is 1. The highest BCUT2D eigenvalue weighted by Crippen LogP contribution is 2.40. The molecule has 4 aromatic rings.